The van der Waals surface area contributed by atoms with Crippen LogP contribution in [0.3, 0.4) is 0 Å². The van der Waals surface area contributed by atoms with E-state index < -0.39 is 0 Å². The van der Waals surface area contributed by atoms with Gasteiger partial charge in [0, 0.05) is 26.8 Å². The fourth-order valence-corrected chi connectivity index (χ4v) is 2.40. The Kier molecular flexibility index (Phi) is 7.44. The highest BCUT2D eigenvalue weighted by Gasteiger charge is 2.15. The first-order valence-electron chi connectivity index (χ1n) is 5.89. The molecule has 0 radical (unpaired) electrons. The summed E-state index contributed by atoms with van der Waals surface area (Å²) < 4.78 is 10.3. The summed E-state index contributed by atoms with van der Waals surface area (Å²) in [5, 5.41) is 4.65. The van der Waals surface area contributed by atoms with Crippen LogP contribution in [0.4, 0.5) is 0 Å². The molecule has 1 aromatic rings. The maximum Gasteiger partial charge on any atom is 0.0928 e. The summed E-state index contributed by atoms with van der Waals surface area (Å²) in [6, 6.07) is 3.65. The maximum absolute atomic E-state index is 6.19. The summed E-state index contributed by atoms with van der Waals surface area (Å²) in [5.74, 6) is 0. The number of benzene rings is 1. The van der Waals surface area contributed by atoms with Crippen molar-refractivity contribution in [2.75, 3.05) is 27.4 Å². The lowest BCUT2D eigenvalue weighted by molar-refractivity contribution is 0.0276. The van der Waals surface area contributed by atoms with Crippen LogP contribution in [-0.2, 0) is 9.47 Å². The minimum atomic E-state index is -0.00556. The molecule has 1 N–H and O–H groups in total. The average molecular weight is 327 g/mol. The van der Waals surface area contributed by atoms with Crippen LogP contribution in [0.2, 0.25) is 15.1 Å². The molecule has 2 atom stereocenters. The summed E-state index contributed by atoms with van der Waals surface area (Å²) in [6.07, 6.45) is -0.00556. The number of rotatable bonds is 7. The first kappa shape index (κ1) is 17.0. The lowest BCUT2D eigenvalue weighted by Gasteiger charge is -2.20. The lowest BCUT2D eigenvalue weighted by Crippen LogP contribution is -2.33. The lowest BCUT2D eigenvalue weighted by atomic mass is 10.1. The quantitative estimate of drug-likeness (QED) is 0.769. The Labute approximate surface area is 129 Å². The van der Waals surface area contributed by atoms with E-state index in [1.165, 1.54) is 0 Å². The van der Waals surface area contributed by atoms with Crippen LogP contribution in [0, 0.1) is 0 Å². The molecule has 0 fully saturated rings. The van der Waals surface area contributed by atoms with Gasteiger partial charge in [-0.15, -0.1) is 0 Å². The number of ether oxygens (including phenoxy) is 2. The van der Waals surface area contributed by atoms with Crippen LogP contribution in [0.1, 0.15) is 18.5 Å². The molecule has 0 spiro atoms. The van der Waals surface area contributed by atoms with Crippen LogP contribution in [0.15, 0.2) is 12.1 Å². The topological polar surface area (TPSA) is 30.5 Å². The van der Waals surface area contributed by atoms with Crippen molar-refractivity contribution in [2.45, 2.75) is 19.1 Å². The van der Waals surface area contributed by atoms with Crippen LogP contribution in [0.25, 0.3) is 0 Å². The number of halogens is 3. The van der Waals surface area contributed by atoms with E-state index in [0.717, 1.165) is 5.56 Å². The van der Waals surface area contributed by atoms with Crippen LogP contribution in [0.5, 0.6) is 0 Å². The molecule has 0 amide bonds. The molecule has 1 rings (SSSR count). The number of nitrogens with one attached hydrogen (secondary N) is 1. The van der Waals surface area contributed by atoms with Crippen LogP contribution < -0.4 is 5.32 Å². The largest absolute Gasteiger partial charge is 0.382 e. The number of hydrogen-bond donors (Lipinski definition) is 1. The van der Waals surface area contributed by atoms with Crippen molar-refractivity contribution in [3.05, 3.63) is 32.8 Å². The molecule has 108 valence electrons. The summed E-state index contributed by atoms with van der Waals surface area (Å²) in [6.45, 7) is 3.19. The van der Waals surface area contributed by atoms with Crippen molar-refractivity contribution >= 4 is 34.8 Å². The van der Waals surface area contributed by atoms with Gasteiger partial charge in [0.25, 0.3) is 0 Å². The van der Waals surface area contributed by atoms with Crippen molar-refractivity contribution in [3.8, 4) is 0 Å². The SMILES string of the molecule is COCC(CNC(C)c1ccc(Cl)c(Cl)c1Cl)OC. The second kappa shape index (κ2) is 8.30. The fourth-order valence-electron chi connectivity index (χ4n) is 1.69. The van der Waals surface area contributed by atoms with E-state index in [1.807, 2.05) is 13.0 Å². The standard InChI is InChI=1S/C13H18Cl3NO2/c1-8(17-6-9(19-3)7-18-2)10-4-5-11(14)13(16)12(10)15/h4-5,8-9,17H,6-7H2,1-3H3. The predicted molar refractivity (Wildman–Crippen MR) is 80.6 cm³/mol. The van der Waals surface area contributed by atoms with E-state index >= 15 is 0 Å². The molecule has 1 aromatic carbocycles. The van der Waals surface area contributed by atoms with E-state index in [4.69, 9.17) is 44.3 Å². The van der Waals surface area contributed by atoms with E-state index in [0.29, 0.717) is 28.2 Å². The third-order valence-corrected chi connectivity index (χ3v) is 4.18. The molecule has 2 unspecified atom stereocenters. The molecule has 0 aliphatic rings. The van der Waals surface area contributed by atoms with Crippen molar-refractivity contribution < 1.29 is 9.47 Å². The highest BCUT2D eigenvalue weighted by Crippen LogP contribution is 2.35. The molecule has 0 aliphatic carbocycles. The van der Waals surface area contributed by atoms with Gasteiger partial charge in [0.1, 0.15) is 0 Å². The van der Waals surface area contributed by atoms with E-state index in [1.54, 1.807) is 20.3 Å². The van der Waals surface area contributed by atoms with Gasteiger partial charge in [-0.3, -0.25) is 0 Å². The Morgan fingerprint density at radius 1 is 1.16 bits per heavy atom. The van der Waals surface area contributed by atoms with Gasteiger partial charge in [-0.2, -0.15) is 0 Å². The Balaban J connectivity index is 2.68. The Morgan fingerprint density at radius 2 is 1.84 bits per heavy atom. The molecule has 0 saturated heterocycles. The molecule has 0 saturated carbocycles. The van der Waals surface area contributed by atoms with Gasteiger partial charge in [-0.25, -0.2) is 0 Å². The summed E-state index contributed by atoms with van der Waals surface area (Å²) in [7, 11) is 3.30. The Hall–Kier alpha value is -0.0300. The minimum Gasteiger partial charge on any atom is -0.382 e. The molecular formula is C13H18Cl3NO2. The molecular weight excluding hydrogens is 309 g/mol. The van der Waals surface area contributed by atoms with E-state index in [-0.39, 0.29) is 12.1 Å². The van der Waals surface area contributed by atoms with Crippen LogP contribution >= 0.6 is 34.8 Å². The van der Waals surface area contributed by atoms with Crippen molar-refractivity contribution in [1.29, 1.82) is 0 Å². The zero-order chi connectivity index (χ0) is 14.4. The molecule has 6 heteroatoms. The van der Waals surface area contributed by atoms with E-state index in [2.05, 4.69) is 5.32 Å². The second-order valence-electron chi connectivity index (χ2n) is 4.21. The van der Waals surface area contributed by atoms with Gasteiger partial charge in [0.15, 0.2) is 0 Å². The highest BCUT2D eigenvalue weighted by atomic mass is 35.5. The van der Waals surface area contributed by atoms with Gasteiger partial charge < -0.3 is 14.8 Å². The molecule has 0 bridgehead atoms. The number of methoxy groups -OCH3 is 2. The van der Waals surface area contributed by atoms with E-state index in [9.17, 15) is 0 Å². The first-order chi connectivity index (χ1) is 9.01. The predicted octanol–water partition coefficient (Wildman–Crippen LogP) is 3.96. The average Bonchev–Trinajstić information content (AvgIpc) is 2.40. The first-order valence-corrected chi connectivity index (χ1v) is 7.03. The molecule has 0 aliphatic heterocycles. The second-order valence-corrected chi connectivity index (χ2v) is 5.37. The molecule has 3 nitrogen and oxygen atoms in total. The normalized spacial score (nSPS) is 14.4. The summed E-state index contributed by atoms with van der Waals surface area (Å²) in [5.41, 5.74) is 0.906. The minimum absolute atomic E-state index is 0.00556. The van der Waals surface area contributed by atoms with Crippen LogP contribution in [-0.4, -0.2) is 33.5 Å². The summed E-state index contributed by atoms with van der Waals surface area (Å²) in [4.78, 5) is 0. The Morgan fingerprint density at radius 3 is 2.42 bits per heavy atom. The van der Waals surface area contributed by atoms with Gasteiger partial charge >= 0.3 is 0 Å². The van der Waals surface area contributed by atoms with Gasteiger partial charge in [0.2, 0.25) is 0 Å². The van der Waals surface area contributed by atoms with Crippen molar-refractivity contribution in [2.24, 2.45) is 0 Å². The molecule has 0 heterocycles. The number of hydrogen-bond acceptors (Lipinski definition) is 3. The third-order valence-electron chi connectivity index (χ3n) is 2.87. The van der Waals surface area contributed by atoms with Crippen molar-refractivity contribution in [3.63, 3.8) is 0 Å². The maximum atomic E-state index is 6.19. The smallest absolute Gasteiger partial charge is 0.0928 e. The highest BCUT2D eigenvalue weighted by molar-refractivity contribution is 6.48. The zero-order valence-electron chi connectivity index (χ0n) is 11.2. The van der Waals surface area contributed by atoms with Crippen molar-refractivity contribution in [1.82, 2.24) is 5.32 Å². The zero-order valence-corrected chi connectivity index (χ0v) is 13.4. The fraction of sp³-hybridized carbons (Fsp3) is 0.538. The summed E-state index contributed by atoms with van der Waals surface area (Å²) >= 11 is 18.1. The Bertz CT molecular complexity index is 415. The monoisotopic (exact) mass is 325 g/mol. The van der Waals surface area contributed by atoms with Gasteiger partial charge in [0.05, 0.1) is 27.8 Å². The molecule has 0 aromatic heterocycles. The molecule has 19 heavy (non-hydrogen) atoms. The van der Waals surface area contributed by atoms with Gasteiger partial charge in [-0.1, -0.05) is 40.9 Å². The van der Waals surface area contributed by atoms with Gasteiger partial charge in [-0.05, 0) is 18.6 Å². The third kappa shape index (κ3) is 4.78.